The van der Waals surface area contributed by atoms with Crippen molar-refractivity contribution in [2.24, 2.45) is 0 Å². The summed E-state index contributed by atoms with van der Waals surface area (Å²) in [5, 5.41) is 12.6. The molecule has 0 radical (unpaired) electrons. The normalized spacial score (nSPS) is 20.1. The van der Waals surface area contributed by atoms with Gasteiger partial charge in [-0.1, -0.05) is 12.8 Å². The van der Waals surface area contributed by atoms with E-state index < -0.39 is 17.4 Å². The van der Waals surface area contributed by atoms with Crippen molar-refractivity contribution < 1.29 is 28.2 Å². The minimum absolute atomic E-state index is 0.0382. The molecule has 28 heavy (non-hydrogen) atoms. The fraction of sp³-hybridized carbons (Fsp3) is 0.650. The number of alkyl halides is 2. The largest absolute Gasteiger partial charge is 0.497 e. The monoisotopic (exact) mass is 398 g/mol. The zero-order valence-electron chi connectivity index (χ0n) is 16.3. The molecule has 0 aromatic heterocycles. The molecule has 1 saturated carbocycles. The average Bonchev–Trinajstić information content (AvgIpc) is 3.16. The number of ether oxygens (including phenoxy) is 2. The molecule has 1 aromatic carbocycles. The van der Waals surface area contributed by atoms with Gasteiger partial charge in [-0.3, -0.25) is 4.79 Å². The number of anilines is 1. The van der Waals surface area contributed by atoms with Crippen molar-refractivity contribution in [3.8, 4) is 11.5 Å². The van der Waals surface area contributed by atoms with Gasteiger partial charge in [0, 0.05) is 43.0 Å². The number of rotatable bonds is 6. The first-order valence-corrected chi connectivity index (χ1v) is 9.68. The lowest BCUT2D eigenvalue weighted by Crippen LogP contribution is -2.58. The van der Waals surface area contributed by atoms with E-state index in [1.807, 2.05) is 12.1 Å². The second-order valence-electron chi connectivity index (χ2n) is 7.62. The van der Waals surface area contributed by atoms with Crippen LogP contribution in [0.1, 0.15) is 38.5 Å². The highest BCUT2D eigenvalue weighted by molar-refractivity contribution is 5.85. The van der Waals surface area contributed by atoms with Gasteiger partial charge in [0.25, 0.3) is 5.91 Å². The minimum atomic E-state index is -3.76. The molecule has 1 aliphatic carbocycles. The van der Waals surface area contributed by atoms with Crippen LogP contribution in [-0.4, -0.2) is 55.9 Å². The molecule has 8 heteroatoms. The van der Waals surface area contributed by atoms with Gasteiger partial charge in [-0.2, -0.15) is 8.78 Å². The Balaban J connectivity index is 1.59. The predicted molar refractivity (Wildman–Crippen MR) is 101 cm³/mol. The van der Waals surface area contributed by atoms with Gasteiger partial charge in [-0.25, -0.2) is 0 Å². The fourth-order valence-electron chi connectivity index (χ4n) is 4.02. The van der Waals surface area contributed by atoms with Gasteiger partial charge in [0.1, 0.15) is 17.1 Å². The summed E-state index contributed by atoms with van der Waals surface area (Å²) in [6.45, 7) is 1.22. The van der Waals surface area contributed by atoms with E-state index in [1.54, 1.807) is 20.3 Å². The van der Waals surface area contributed by atoms with Gasteiger partial charge in [0.2, 0.25) is 0 Å². The molecule has 2 aliphatic rings. The molecule has 3 rings (SSSR count). The molecule has 1 saturated heterocycles. The summed E-state index contributed by atoms with van der Waals surface area (Å²) >= 11 is 0. The third kappa shape index (κ3) is 4.01. The third-order valence-corrected chi connectivity index (χ3v) is 5.83. The first-order valence-electron chi connectivity index (χ1n) is 9.68. The molecule has 1 amide bonds. The quantitative estimate of drug-likeness (QED) is 0.771. The van der Waals surface area contributed by atoms with Crippen molar-refractivity contribution in [1.29, 1.82) is 0 Å². The number of methoxy groups -OCH3 is 2. The second-order valence-corrected chi connectivity index (χ2v) is 7.62. The summed E-state index contributed by atoms with van der Waals surface area (Å²) in [5.41, 5.74) is -1.29. The second kappa shape index (κ2) is 8.11. The maximum atomic E-state index is 14.5. The van der Waals surface area contributed by atoms with E-state index in [-0.39, 0.29) is 18.9 Å². The average molecular weight is 398 g/mol. The van der Waals surface area contributed by atoms with Crippen molar-refractivity contribution in [3.05, 3.63) is 18.2 Å². The molecule has 0 bridgehead atoms. The Morgan fingerprint density at radius 3 is 2.18 bits per heavy atom. The standard InChI is InChI=1S/C20H28F2N2O4/c1-27-16-11-15(12-17(13-16)28-2)24-9-5-14(6-10-24)23-18(25)20(21,22)19(26)7-3-4-8-19/h11-14,26H,3-10H2,1-2H3,(H,23,25). The lowest BCUT2D eigenvalue weighted by molar-refractivity contribution is -0.191. The SMILES string of the molecule is COc1cc(OC)cc(N2CCC(NC(=O)C(F)(F)C3(O)CCCC3)CC2)c1. The number of nitrogens with zero attached hydrogens (tertiary/aromatic N) is 1. The number of piperidine rings is 1. The molecule has 1 aromatic rings. The topological polar surface area (TPSA) is 71.0 Å². The van der Waals surface area contributed by atoms with E-state index in [2.05, 4.69) is 10.2 Å². The molecule has 6 nitrogen and oxygen atoms in total. The van der Waals surface area contributed by atoms with Crippen LogP contribution in [0.15, 0.2) is 18.2 Å². The summed E-state index contributed by atoms with van der Waals surface area (Å²) in [5.74, 6) is -3.78. The lowest BCUT2D eigenvalue weighted by Gasteiger charge is -2.36. The zero-order chi connectivity index (χ0) is 20.4. The van der Waals surface area contributed by atoms with E-state index in [0.717, 1.165) is 5.69 Å². The van der Waals surface area contributed by atoms with Gasteiger partial charge >= 0.3 is 5.92 Å². The van der Waals surface area contributed by atoms with Gasteiger partial charge in [0.15, 0.2) is 0 Å². The maximum absolute atomic E-state index is 14.5. The molecular formula is C20H28F2N2O4. The fourth-order valence-corrected chi connectivity index (χ4v) is 4.02. The first-order chi connectivity index (χ1) is 13.3. The van der Waals surface area contributed by atoms with Crippen molar-refractivity contribution in [2.45, 2.75) is 56.1 Å². The van der Waals surface area contributed by atoms with Crippen LogP contribution in [0, 0.1) is 0 Å². The highest BCUT2D eigenvalue weighted by Gasteiger charge is 2.59. The van der Waals surface area contributed by atoms with Crippen molar-refractivity contribution >= 4 is 11.6 Å². The molecule has 0 unspecified atom stereocenters. The smallest absolute Gasteiger partial charge is 0.352 e. The minimum Gasteiger partial charge on any atom is -0.497 e. The van der Waals surface area contributed by atoms with E-state index in [1.165, 1.54) is 0 Å². The van der Waals surface area contributed by atoms with Gasteiger partial charge < -0.3 is 24.8 Å². The van der Waals surface area contributed by atoms with Crippen LogP contribution < -0.4 is 19.7 Å². The number of benzene rings is 1. The molecule has 1 heterocycles. The molecular weight excluding hydrogens is 370 g/mol. The summed E-state index contributed by atoms with van der Waals surface area (Å²) in [6, 6.07) is 5.23. The molecule has 0 spiro atoms. The summed E-state index contributed by atoms with van der Waals surface area (Å²) < 4.78 is 39.5. The van der Waals surface area contributed by atoms with E-state index >= 15 is 0 Å². The number of halogens is 2. The first kappa shape index (κ1) is 20.6. The van der Waals surface area contributed by atoms with E-state index in [9.17, 15) is 18.7 Å². The lowest BCUT2D eigenvalue weighted by atomic mass is 9.92. The Labute approximate surface area is 163 Å². The van der Waals surface area contributed by atoms with Crippen LogP contribution in [0.25, 0.3) is 0 Å². The van der Waals surface area contributed by atoms with Gasteiger partial charge in [-0.15, -0.1) is 0 Å². The Hall–Kier alpha value is -2.09. The van der Waals surface area contributed by atoms with Crippen LogP contribution in [0.4, 0.5) is 14.5 Å². The zero-order valence-corrected chi connectivity index (χ0v) is 16.3. The van der Waals surface area contributed by atoms with E-state index in [0.29, 0.717) is 50.3 Å². The predicted octanol–water partition coefficient (Wildman–Crippen LogP) is 2.73. The van der Waals surface area contributed by atoms with Crippen LogP contribution >= 0.6 is 0 Å². The number of amides is 1. The van der Waals surface area contributed by atoms with E-state index in [4.69, 9.17) is 9.47 Å². The Morgan fingerprint density at radius 1 is 1.14 bits per heavy atom. The van der Waals surface area contributed by atoms with Crippen LogP contribution in [0.5, 0.6) is 11.5 Å². The van der Waals surface area contributed by atoms with Gasteiger partial charge in [-0.05, 0) is 25.7 Å². The molecule has 2 N–H and O–H groups in total. The number of carbonyl (C=O) groups is 1. The molecule has 1 aliphatic heterocycles. The Bertz CT molecular complexity index is 677. The van der Waals surface area contributed by atoms with Crippen molar-refractivity contribution in [2.75, 3.05) is 32.2 Å². The van der Waals surface area contributed by atoms with Crippen molar-refractivity contribution in [3.63, 3.8) is 0 Å². The summed E-state index contributed by atoms with van der Waals surface area (Å²) in [7, 11) is 3.16. The summed E-state index contributed by atoms with van der Waals surface area (Å²) in [6.07, 6.45) is 2.04. The Morgan fingerprint density at radius 2 is 1.68 bits per heavy atom. The van der Waals surface area contributed by atoms with Crippen LogP contribution in [0.3, 0.4) is 0 Å². The van der Waals surface area contributed by atoms with Crippen molar-refractivity contribution in [1.82, 2.24) is 5.32 Å². The maximum Gasteiger partial charge on any atom is 0.352 e. The van der Waals surface area contributed by atoms with Crippen LogP contribution in [-0.2, 0) is 4.79 Å². The molecule has 156 valence electrons. The Kier molecular flexibility index (Phi) is 5.98. The number of hydrogen-bond donors (Lipinski definition) is 2. The molecule has 0 atom stereocenters. The highest BCUT2D eigenvalue weighted by atomic mass is 19.3. The van der Waals surface area contributed by atoms with Gasteiger partial charge in [0.05, 0.1) is 14.2 Å². The number of aliphatic hydroxyl groups is 1. The highest BCUT2D eigenvalue weighted by Crippen LogP contribution is 2.42. The number of nitrogens with one attached hydrogen (secondary N) is 1. The van der Waals surface area contributed by atoms with Crippen LogP contribution in [0.2, 0.25) is 0 Å². The molecule has 2 fully saturated rings. The number of carbonyl (C=O) groups excluding carboxylic acids is 1. The number of hydrogen-bond acceptors (Lipinski definition) is 5. The third-order valence-electron chi connectivity index (χ3n) is 5.83. The summed E-state index contributed by atoms with van der Waals surface area (Å²) in [4.78, 5) is 14.3.